The van der Waals surface area contributed by atoms with Crippen LogP contribution < -0.4 is 5.32 Å². The molecule has 0 bridgehead atoms. The van der Waals surface area contributed by atoms with Crippen LogP contribution in [0.4, 0.5) is 14.5 Å². The minimum Gasteiger partial charge on any atom is -0.322 e. The van der Waals surface area contributed by atoms with Gasteiger partial charge in [0, 0.05) is 18.9 Å². The number of halogens is 2. The Bertz CT molecular complexity index is 813. The molecule has 4 nitrogen and oxygen atoms in total. The van der Waals surface area contributed by atoms with Gasteiger partial charge in [-0.05, 0) is 54.7 Å². The van der Waals surface area contributed by atoms with Crippen LogP contribution in [0.3, 0.4) is 0 Å². The molecule has 2 unspecified atom stereocenters. The lowest BCUT2D eigenvalue weighted by molar-refractivity contribution is 0.101. The van der Waals surface area contributed by atoms with E-state index in [1.807, 2.05) is 25.1 Å². The van der Waals surface area contributed by atoms with Gasteiger partial charge < -0.3 is 5.32 Å². The van der Waals surface area contributed by atoms with Gasteiger partial charge in [0.1, 0.15) is 5.69 Å². The van der Waals surface area contributed by atoms with E-state index in [2.05, 4.69) is 24.3 Å². The Balaban J connectivity index is 1.91. The van der Waals surface area contributed by atoms with Crippen LogP contribution in [0.15, 0.2) is 24.4 Å². The number of carbonyl (C=O) groups is 1. The van der Waals surface area contributed by atoms with Gasteiger partial charge in [0.05, 0.1) is 5.56 Å². The highest BCUT2D eigenvalue weighted by atomic mass is 19.3. The van der Waals surface area contributed by atoms with Crippen LogP contribution in [0.2, 0.25) is 0 Å². The summed E-state index contributed by atoms with van der Waals surface area (Å²) in [5.41, 5.74) is 2.41. The molecule has 1 saturated carbocycles. The van der Waals surface area contributed by atoms with Crippen LogP contribution in [0.5, 0.6) is 0 Å². The predicted octanol–water partition coefficient (Wildman–Crippen LogP) is 5.07. The minimum absolute atomic E-state index is 0.0797. The van der Waals surface area contributed by atoms with E-state index in [4.69, 9.17) is 0 Å². The molecule has 0 radical (unpaired) electrons. The van der Waals surface area contributed by atoms with Crippen LogP contribution in [-0.4, -0.2) is 15.7 Å². The number of benzene rings is 1. The summed E-state index contributed by atoms with van der Waals surface area (Å²) in [4.78, 5) is 12.7. The maximum atomic E-state index is 13.2. The molecular formula is C20H25F2N3O. The number of nitrogens with zero attached hydrogens (tertiary/aromatic N) is 2. The second-order valence-electron chi connectivity index (χ2n) is 7.48. The molecular weight excluding hydrogens is 336 g/mol. The molecule has 6 heteroatoms. The van der Waals surface area contributed by atoms with Gasteiger partial charge >= 0.3 is 0 Å². The average Bonchev–Trinajstić information content (AvgIpc) is 2.91. The van der Waals surface area contributed by atoms with Crippen LogP contribution in [0.25, 0.3) is 0 Å². The Labute approximate surface area is 152 Å². The first-order valence-electron chi connectivity index (χ1n) is 9.02. The maximum absolute atomic E-state index is 13.2. The second kappa shape index (κ2) is 7.17. The highest BCUT2D eigenvalue weighted by molar-refractivity contribution is 6.05. The third-order valence-corrected chi connectivity index (χ3v) is 5.44. The van der Waals surface area contributed by atoms with Crippen LogP contribution in [0.1, 0.15) is 66.2 Å². The quantitative estimate of drug-likeness (QED) is 0.808. The first-order valence-corrected chi connectivity index (χ1v) is 9.02. The Kier molecular flexibility index (Phi) is 5.12. The summed E-state index contributed by atoms with van der Waals surface area (Å²) in [7, 11) is 1.53. The summed E-state index contributed by atoms with van der Waals surface area (Å²) in [6, 6.07) is 5.78. The Morgan fingerprint density at radius 2 is 2.04 bits per heavy atom. The van der Waals surface area contributed by atoms with E-state index >= 15 is 0 Å². The summed E-state index contributed by atoms with van der Waals surface area (Å²) in [6.45, 7) is 6.48. The zero-order chi connectivity index (χ0) is 19.0. The molecule has 0 saturated heterocycles. The molecule has 2 atom stereocenters. The Morgan fingerprint density at radius 1 is 1.31 bits per heavy atom. The molecule has 140 valence electrons. The summed E-state index contributed by atoms with van der Waals surface area (Å²) in [6.07, 6.45) is 0.825. The van der Waals surface area contributed by atoms with Crippen molar-refractivity contribution >= 4 is 11.6 Å². The van der Waals surface area contributed by atoms with Crippen molar-refractivity contribution in [3.8, 4) is 0 Å². The van der Waals surface area contributed by atoms with Crippen molar-refractivity contribution in [3.63, 3.8) is 0 Å². The lowest BCUT2D eigenvalue weighted by atomic mass is 9.64. The highest BCUT2D eigenvalue weighted by Crippen LogP contribution is 2.49. The number of amides is 1. The highest BCUT2D eigenvalue weighted by Gasteiger charge is 2.36. The fourth-order valence-corrected chi connectivity index (χ4v) is 4.00. The van der Waals surface area contributed by atoms with Crippen molar-refractivity contribution in [2.24, 2.45) is 18.9 Å². The van der Waals surface area contributed by atoms with Crippen LogP contribution in [-0.2, 0) is 7.05 Å². The van der Waals surface area contributed by atoms with Crippen molar-refractivity contribution in [1.29, 1.82) is 0 Å². The monoisotopic (exact) mass is 361 g/mol. The first kappa shape index (κ1) is 18.5. The van der Waals surface area contributed by atoms with E-state index in [1.54, 1.807) is 0 Å². The van der Waals surface area contributed by atoms with Crippen LogP contribution >= 0.6 is 0 Å². The Morgan fingerprint density at radius 3 is 2.62 bits per heavy atom. The van der Waals surface area contributed by atoms with Crippen molar-refractivity contribution in [2.45, 2.75) is 46.0 Å². The standard InChI is InChI=1S/C20H25F2N3O/c1-11(2)13-8-9-14(13)17-12(3)6-5-7-16(17)23-20(26)15-10-25(4)24-18(15)19(21)22/h5-7,10-11,13-14,19H,8-9H2,1-4H3,(H,23,26). The minimum atomic E-state index is -2.79. The van der Waals surface area contributed by atoms with Gasteiger partial charge in [-0.3, -0.25) is 9.48 Å². The number of hydrogen-bond acceptors (Lipinski definition) is 2. The van der Waals surface area contributed by atoms with Crippen molar-refractivity contribution in [3.05, 3.63) is 46.8 Å². The summed E-state index contributed by atoms with van der Waals surface area (Å²) >= 11 is 0. The SMILES string of the molecule is Cc1cccc(NC(=O)c2cn(C)nc2C(F)F)c1C1CCC1C(C)C. The van der Waals surface area contributed by atoms with Crippen molar-refractivity contribution < 1.29 is 13.6 Å². The zero-order valence-corrected chi connectivity index (χ0v) is 15.6. The molecule has 1 N–H and O–H groups in total. The number of anilines is 1. The van der Waals surface area contributed by atoms with E-state index in [0.717, 1.165) is 23.2 Å². The van der Waals surface area contributed by atoms with Crippen molar-refractivity contribution in [1.82, 2.24) is 9.78 Å². The van der Waals surface area contributed by atoms with Gasteiger partial charge in [-0.2, -0.15) is 5.10 Å². The van der Waals surface area contributed by atoms with Gasteiger partial charge in [0.15, 0.2) is 0 Å². The van der Waals surface area contributed by atoms with Gasteiger partial charge in [-0.25, -0.2) is 8.78 Å². The molecule has 1 fully saturated rings. The normalized spacial score (nSPS) is 19.7. The van der Waals surface area contributed by atoms with E-state index in [-0.39, 0.29) is 5.56 Å². The number of rotatable bonds is 5. The zero-order valence-electron chi connectivity index (χ0n) is 15.6. The summed E-state index contributed by atoms with van der Waals surface area (Å²) < 4.78 is 27.6. The maximum Gasteiger partial charge on any atom is 0.282 e. The Hall–Kier alpha value is -2.24. The average molecular weight is 361 g/mol. The van der Waals surface area contributed by atoms with E-state index < -0.39 is 18.0 Å². The third-order valence-electron chi connectivity index (χ3n) is 5.44. The lowest BCUT2D eigenvalue weighted by Crippen LogP contribution is -2.30. The summed E-state index contributed by atoms with van der Waals surface area (Å²) in [5, 5.41) is 6.58. The fourth-order valence-electron chi connectivity index (χ4n) is 4.00. The van der Waals surface area contributed by atoms with E-state index in [0.29, 0.717) is 17.8 Å². The molecule has 1 aliphatic rings. The summed E-state index contributed by atoms with van der Waals surface area (Å²) in [5.74, 6) is 1.01. The molecule has 0 aliphatic heterocycles. The molecule has 1 aromatic heterocycles. The number of aryl methyl sites for hydroxylation is 2. The first-order chi connectivity index (χ1) is 12.3. The van der Waals surface area contributed by atoms with Gasteiger partial charge in [-0.1, -0.05) is 26.0 Å². The van der Waals surface area contributed by atoms with Crippen LogP contribution in [0, 0.1) is 18.8 Å². The third kappa shape index (κ3) is 3.37. The molecule has 2 aromatic rings. The van der Waals surface area contributed by atoms with E-state index in [1.165, 1.54) is 24.3 Å². The van der Waals surface area contributed by atoms with Crippen molar-refractivity contribution in [2.75, 3.05) is 5.32 Å². The molecule has 3 rings (SSSR count). The van der Waals surface area contributed by atoms with Gasteiger partial charge in [0.2, 0.25) is 0 Å². The number of hydrogen-bond donors (Lipinski definition) is 1. The number of carbonyl (C=O) groups excluding carboxylic acids is 1. The van der Waals surface area contributed by atoms with E-state index in [9.17, 15) is 13.6 Å². The fraction of sp³-hybridized carbons (Fsp3) is 0.500. The van der Waals surface area contributed by atoms with Gasteiger partial charge in [-0.15, -0.1) is 0 Å². The second-order valence-corrected chi connectivity index (χ2v) is 7.48. The lowest BCUT2D eigenvalue weighted by Gasteiger charge is -2.41. The molecule has 1 heterocycles. The predicted molar refractivity (Wildman–Crippen MR) is 97.6 cm³/mol. The van der Waals surface area contributed by atoms with Gasteiger partial charge in [0.25, 0.3) is 12.3 Å². The largest absolute Gasteiger partial charge is 0.322 e. The molecule has 1 amide bonds. The molecule has 0 spiro atoms. The molecule has 1 aromatic carbocycles. The number of aromatic nitrogens is 2. The molecule has 1 aliphatic carbocycles. The number of nitrogens with one attached hydrogen (secondary N) is 1. The topological polar surface area (TPSA) is 46.9 Å². The molecule has 26 heavy (non-hydrogen) atoms. The smallest absolute Gasteiger partial charge is 0.282 e. The number of alkyl halides is 2.